The zero-order chi connectivity index (χ0) is 14.4. The summed E-state index contributed by atoms with van der Waals surface area (Å²) in [5, 5.41) is 11.5. The Hall–Kier alpha value is -3.04. The number of carbonyl (C=O) groups is 1. The molecule has 2 rings (SSSR count). The molecule has 20 heavy (non-hydrogen) atoms. The van der Waals surface area contributed by atoms with E-state index in [9.17, 15) is 4.79 Å². The van der Waals surface area contributed by atoms with Crippen molar-refractivity contribution < 1.29 is 4.79 Å². The maximum Gasteiger partial charge on any atom is 0.228 e. The molecule has 0 spiro atoms. The third kappa shape index (κ3) is 3.48. The summed E-state index contributed by atoms with van der Waals surface area (Å²) in [5.41, 5.74) is 2.84. The molecule has 0 fully saturated rings. The topological polar surface area (TPSA) is 52.9 Å². The summed E-state index contributed by atoms with van der Waals surface area (Å²) < 4.78 is 0. The Morgan fingerprint density at radius 3 is 2.55 bits per heavy atom. The highest BCUT2D eigenvalue weighted by Crippen LogP contribution is 2.11. The number of carbonyl (C=O) groups excluding carboxylic acids is 1. The van der Waals surface area contributed by atoms with Gasteiger partial charge in [0, 0.05) is 11.3 Å². The van der Waals surface area contributed by atoms with Crippen LogP contribution in [0, 0.1) is 23.7 Å². The van der Waals surface area contributed by atoms with E-state index >= 15 is 0 Å². The first-order chi connectivity index (χ1) is 9.71. The summed E-state index contributed by atoms with van der Waals surface area (Å²) in [4.78, 5) is 11.9. The molecule has 0 atom stereocenters. The largest absolute Gasteiger partial charge is 0.326 e. The fourth-order valence-corrected chi connectivity index (χ4v) is 1.77. The lowest BCUT2D eigenvalue weighted by Gasteiger charge is -2.06. The Bertz CT molecular complexity index is 703. The zero-order valence-electron chi connectivity index (χ0n) is 10.8. The first-order valence-corrected chi connectivity index (χ1v) is 6.07. The molecule has 2 aromatic rings. The Balaban J connectivity index is 2.01. The summed E-state index contributed by atoms with van der Waals surface area (Å²) in [6.07, 6.45) is 5.57. The van der Waals surface area contributed by atoms with Crippen LogP contribution in [-0.4, -0.2) is 5.91 Å². The van der Waals surface area contributed by atoms with Crippen molar-refractivity contribution in [2.75, 3.05) is 5.32 Å². The third-order valence-corrected chi connectivity index (χ3v) is 2.76. The number of terminal acetylenes is 1. The summed E-state index contributed by atoms with van der Waals surface area (Å²) in [7, 11) is 0. The molecule has 0 unspecified atom stereocenters. The SMILES string of the molecule is C#Cc1cccc(NC(=O)Cc2ccc(C#N)cc2)c1. The van der Waals surface area contributed by atoms with E-state index < -0.39 is 0 Å². The lowest BCUT2D eigenvalue weighted by molar-refractivity contribution is -0.115. The van der Waals surface area contributed by atoms with Gasteiger partial charge < -0.3 is 5.32 Å². The Labute approximate surface area is 117 Å². The van der Waals surface area contributed by atoms with E-state index in [1.54, 1.807) is 48.5 Å². The van der Waals surface area contributed by atoms with Gasteiger partial charge in [-0.1, -0.05) is 24.1 Å². The molecule has 0 aromatic heterocycles. The van der Waals surface area contributed by atoms with Crippen LogP contribution in [0.25, 0.3) is 0 Å². The van der Waals surface area contributed by atoms with E-state index in [1.165, 1.54) is 0 Å². The number of nitrogens with one attached hydrogen (secondary N) is 1. The van der Waals surface area contributed by atoms with Gasteiger partial charge in [-0.2, -0.15) is 5.26 Å². The normalized spacial score (nSPS) is 9.30. The lowest BCUT2D eigenvalue weighted by Crippen LogP contribution is -2.14. The van der Waals surface area contributed by atoms with E-state index in [0.29, 0.717) is 11.3 Å². The van der Waals surface area contributed by atoms with Crippen molar-refractivity contribution in [3.8, 4) is 18.4 Å². The van der Waals surface area contributed by atoms with Gasteiger partial charge in [-0.15, -0.1) is 6.42 Å². The molecule has 0 bridgehead atoms. The molecule has 0 aliphatic rings. The molecule has 1 amide bonds. The number of hydrogen-bond donors (Lipinski definition) is 1. The minimum absolute atomic E-state index is 0.121. The molecule has 96 valence electrons. The molecule has 0 aliphatic carbocycles. The molecule has 0 saturated carbocycles. The number of benzene rings is 2. The Kier molecular flexibility index (Phi) is 4.17. The van der Waals surface area contributed by atoms with Gasteiger partial charge in [0.05, 0.1) is 18.1 Å². The number of rotatable bonds is 3. The lowest BCUT2D eigenvalue weighted by atomic mass is 10.1. The second kappa shape index (κ2) is 6.22. The third-order valence-electron chi connectivity index (χ3n) is 2.76. The van der Waals surface area contributed by atoms with Gasteiger partial charge in [-0.25, -0.2) is 0 Å². The number of hydrogen-bond acceptors (Lipinski definition) is 2. The Morgan fingerprint density at radius 2 is 1.90 bits per heavy atom. The average Bonchev–Trinajstić information content (AvgIpc) is 2.48. The molecular formula is C17H12N2O. The van der Waals surface area contributed by atoms with E-state index in [0.717, 1.165) is 11.1 Å². The van der Waals surface area contributed by atoms with E-state index in [-0.39, 0.29) is 12.3 Å². The second-order valence-electron chi connectivity index (χ2n) is 4.26. The van der Waals surface area contributed by atoms with Crippen LogP contribution in [0.3, 0.4) is 0 Å². The van der Waals surface area contributed by atoms with Gasteiger partial charge in [-0.05, 0) is 35.9 Å². The van der Waals surface area contributed by atoms with E-state index in [4.69, 9.17) is 11.7 Å². The monoisotopic (exact) mass is 260 g/mol. The highest BCUT2D eigenvalue weighted by atomic mass is 16.1. The first kappa shape index (κ1) is 13.4. The molecule has 0 aliphatic heterocycles. The molecule has 0 saturated heterocycles. The van der Waals surface area contributed by atoms with Crippen LogP contribution in [0.4, 0.5) is 5.69 Å². The highest BCUT2D eigenvalue weighted by Gasteiger charge is 2.04. The van der Waals surface area contributed by atoms with Crippen molar-refractivity contribution in [3.63, 3.8) is 0 Å². The van der Waals surface area contributed by atoms with Crippen LogP contribution >= 0.6 is 0 Å². The molecule has 3 nitrogen and oxygen atoms in total. The van der Waals surface area contributed by atoms with Gasteiger partial charge in [0.15, 0.2) is 0 Å². The molecule has 1 N–H and O–H groups in total. The van der Waals surface area contributed by atoms with Crippen LogP contribution < -0.4 is 5.32 Å². The van der Waals surface area contributed by atoms with Crippen LogP contribution in [0.2, 0.25) is 0 Å². The maximum atomic E-state index is 11.9. The van der Waals surface area contributed by atoms with Crippen molar-refractivity contribution in [1.29, 1.82) is 5.26 Å². The van der Waals surface area contributed by atoms with Crippen LogP contribution in [0.5, 0.6) is 0 Å². The summed E-state index contributed by atoms with van der Waals surface area (Å²) in [5.74, 6) is 2.40. The van der Waals surface area contributed by atoms with E-state index in [2.05, 4.69) is 11.2 Å². The van der Waals surface area contributed by atoms with Crippen molar-refractivity contribution >= 4 is 11.6 Å². The summed E-state index contributed by atoms with van der Waals surface area (Å²) in [6, 6.07) is 16.1. The predicted molar refractivity (Wildman–Crippen MR) is 77.9 cm³/mol. The molecular weight excluding hydrogens is 248 g/mol. The van der Waals surface area contributed by atoms with Gasteiger partial charge in [0.25, 0.3) is 0 Å². The smallest absolute Gasteiger partial charge is 0.228 e. The van der Waals surface area contributed by atoms with Gasteiger partial charge in [-0.3, -0.25) is 4.79 Å². The zero-order valence-corrected chi connectivity index (χ0v) is 10.8. The van der Waals surface area contributed by atoms with Crippen molar-refractivity contribution in [2.24, 2.45) is 0 Å². The average molecular weight is 260 g/mol. The Morgan fingerprint density at radius 1 is 1.15 bits per heavy atom. The van der Waals surface area contributed by atoms with Crippen LogP contribution in [-0.2, 0) is 11.2 Å². The molecule has 0 radical (unpaired) electrons. The summed E-state index contributed by atoms with van der Waals surface area (Å²) in [6.45, 7) is 0. The fourth-order valence-electron chi connectivity index (χ4n) is 1.77. The minimum Gasteiger partial charge on any atom is -0.326 e. The van der Waals surface area contributed by atoms with Crippen molar-refractivity contribution in [2.45, 2.75) is 6.42 Å². The molecule has 2 aromatic carbocycles. The quantitative estimate of drug-likeness (QED) is 0.863. The highest BCUT2D eigenvalue weighted by molar-refractivity contribution is 5.92. The van der Waals surface area contributed by atoms with Crippen molar-refractivity contribution in [1.82, 2.24) is 0 Å². The maximum absolute atomic E-state index is 11.9. The standard InChI is InChI=1S/C17H12N2O/c1-2-13-4-3-5-16(10-13)19-17(20)11-14-6-8-15(12-18)9-7-14/h1,3-10H,11H2,(H,19,20). The number of nitrogens with zero attached hydrogens (tertiary/aromatic N) is 1. The first-order valence-electron chi connectivity index (χ1n) is 6.07. The van der Waals surface area contributed by atoms with Crippen LogP contribution in [0.15, 0.2) is 48.5 Å². The van der Waals surface area contributed by atoms with Crippen LogP contribution in [0.1, 0.15) is 16.7 Å². The number of nitriles is 1. The van der Waals surface area contributed by atoms with Gasteiger partial charge in [0.1, 0.15) is 0 Å². The summed E-state index contributed by atoms with van der Waals surface area (Å²) >= 11 is 0. The second-order valence-corrected chi connectivity index (χ2v) is 4.26. The number of amides is 1. The minimum atomic E-state index is -0.121. The van der Waals surface area contributed by atoms with E-state index in [1.807, 2.05) is 6.07 Å². The van der Waals surface area contributed by atoms with Gasteiger partial charge in [0.2, 0.25) is 5.91 Å². The number of anilines is 1. The van der Waals surface area contributed by atoms with Gasteiger partial charge >= 0.3 is 0 Å². The molecule has 3 heteroatoms. The predicted octanol–water partition coefficient (Wildman–Crippen LogP) is 2.72. The van der Waals surface area contributed by atoms with Crippen molar-refractivity contribution in [3.05, 3.63) is 65.2 Å². The fraction of sp³-hybridized carbons (Fsp3) is 0.0588. The molecule has 0 heterocycles.